The molecule has 0 unspecified atom stereocenters. The molecule has 4 atom stereocenters. The first-order valence-electron chi connectivity index (χ1n) is 9.19. The number of nitrogens with zero attached hydrogens (tertiary/aromatic N) is 2. The number of fused-ring (bicyclic) bond motifs is 6. The maximum Gasteiger partial charge on any atom is 0.359 e. The van der Waals surface area contributed by atoms with Crippen LogP contribution in [0, 0.1) is 11.8 Å². The fraction of sp³-hybridized carbons (Fsp3) is 0.556. The molecule has 0 spiro atoms. The minimum atomic E-state index is -0.409. The zero-order valence-corrected chi connectivity index (χ0v) is 14.5. The first-order valence-corrected chi connectivity index (χ1v) is 9.19. The Hall–Kier alpha value is -2.64. The number of aromatic amines is 2. The van der Waals surface area contributed by atoms with E-state index in [1.165, 1.54) is 18.5 Å². The molecule has 0 saturated heterocycles. The molecule has 8 nitrogen and oxygen atoms in total. The van der Waals surface area contributed by atoms with Crippen LogP contribution in [-0.4, -0.2) is 38.9 Å². The number of amides is 1. The van der Waals surface area contributed by atoms with Gasteiger partial charge in [-0.15, -0.1) is 0 Å². The maximum absolute atomic E-state index is 11.5. The van der Waals surface area contributed by atoms with Gasteiger partial charge in [0.25, 0.3) is 5.91 Å². The highest BCUT2D eigenvalue weighted by atomic mass is 16.5. The Morgan fingerprint density at radius 2 is 1.58 bits per heavy atom. The molecule has 6 rings (SSSR count). The van der Waals surface area contributed by atoms with Crippen LogP contribution in [-0.2, 0) is 17.6 Å². The number of hydrogen-bond acceptors (Lipinski definition) is 5. The van der Waals surface area contributed by atoms with Crippen molar-refractivity contribution in [1.29, 1.82) is 0 Å². The number of nitrogens with two attached hydrogens (primary N) is 1. The molecule has 2 aromatic rings. The van der Waals surface area contributed by atoms with Gasteiger partial charge >= 0.3 is 5.97 Å². The third kappa shape index (κ3) is 2.28. The number of aromatic nitrogens is 4. The Labute approximate surface area is 149 Å². The van der Waals surface area contributed by atoms with Gasteiger partial charge in [0.05, 0.1) is 6.61 Å². The zero-order chi connectivity index (χ0) is 18.0. The molecule has 0 bridgehead atoms. The molecule has 26 heavy (non-hydrogen) atoms. The Kier molecular flexibility index (Phi) is 3.26. The summed E-state index contributed by atoms with van der Waals surface area (Å²) in [6.45, 7) is 2.22. The molecule has 0 aliphatic heterocycles. The lowest BCUT2D eigenvalue weighted by atomic mass is 10.1. The molecule has 0 radical (unpaired) electrons. The largest absolute Gasteiger partial charge is 0.461 e. The number of nitrogens with one attached hydrogen (secondary N) is 2. The summed E-state index contributed by atoms with van der Waals surface area (Å²) in [5.74, 6) is 2.15. The molecular formula is C18H21N5O3. The molecule has 8 heteroatoms. The fourth-order valence-corrected chi connectivity index (χ4v) is 4.53. The van der Waals surface area contributed by atoms with E-state index in [2.05, 4.69) is 20.4 Å². The second-order valence-electron chi connectivity index (χ2n) is 7.63. The lowest BCUT2D eigenvalue weighted by Gasteiger charge is -1.99. The van der Waals surface area contributed by atoms with Crippen molar-refractivity contribution < 1.29 is 14.3 Å². The van der Waals surface area contributed by atoms with Gasteiger partial charge in [-0.3, -0.25) is 15.0 Å². The third-order valence-electron chi connectivity index (χ3n) is 6.02. The van der Waals surface area contributed by atoms with Crippen molar-refractivity contribution in [2.45, 2.75) is 44.4 Å². The predicted molar refractivity (Wildman–Crippen MR) is 90.8 cm³/mol. The Morgan fingerprint density at radius 1 is 1.04 bits per heavy atom. The van der Waals surface area contributed by atoms with Crippen molar-refractivity contribution in [3.05, 3.63) is 33.9 Å². The van der Waals surface area contributed by atoms with E-state index in [1.807, 2.05) is 6.92 Å². The maximum atomic E-state index is 11.5. The summed E-state index contributed by atoms with van der Waals surface area (Å²) in [7, 11) is 0. The number of ether oxygens (including phenoxy) is 1. The van der Waals surface area contributed by atoms with Gasteiger partial charge in [-0.05, 0) is 44.4 Å². The van der Waals surface area contributed by atoms with Crippen LogP contribution in [0.1, 0.15) is 75.1 Å². The third-order valence-corrected chi connectivity index (χ3v) is 6.02. The van der Waals surface area contributed by atoms with Gasteiger partial charge in [0.1, 0.15) is 0 Å². The lowest BCUT2D eigenvalue weighted by Crippen LogP contribution is -2.13. The first-order chi connectivity index (χ1) is 12.6. The monoisotopic (exact) mass is 355 g/mol. The van der Waals surface area contributed by atoms with E-state index in [4.69, 9.17) is 10.5 Å². The molecule has 2 heterocycles. The number of H-pyrrole nitrogens is 2. The van der Waals surface area contributed by atoms with Gasteiger partial charge in [0, 0.05) is 34.4 Å². The molecule has 1 amide bonds. The molecular weight excluding hydrogens is 334 g/mol. The van der Waals surface area contributed by atoms with Crippen LogP contribution >= 0.6 is 0 Å². The highest BCUT2D eigenvalue weighted by molar-refractivity contribution is 5.93. The van der Waals surface area contributed by atoms with E-state index in [1.54, 1.807) is 0 Å². The van der Waals surface area contributed by atoms with E-state index in [9.17, 15) is 9.59 Å². The van der Waals surface area contributed by atoms with Crippen molar-refractivity contribution in [1.82, 2.24) is 20.4 Å². The van der Waals surface area contributed by atoms with Crippen LogP contribution in [0.3, 0.4) is 0 Å². The number of carbonyl (C=O) groups is 2. The number of primary amides is 1. The Morgan fingerprint density at radius 3 is 2.12 bits per heavy atom. The van der Waals surface area contributed by atoms with Gasteiger partial charge < -0.3 is 10.5 Å². The molecule has 0 aromatic carbocycles. The highest BCUT2D eigenvalue weighted by Crippen LogP contribution is 2.56. The quantitative estimate of drug-likeness (QED) is 0.718. The van der Waals surface area contributed by atoms with E-state index in [0.717, 1.165) is 41.5 Å². The summed E-state index contributed by atoms with van der Waals surface area (Å²) in [5.41, 5.74) is 10.6. The summed E-state index contributed by atoms with van der Waals surface area (Å²) < 4.78 is 4.94. The molecule has 4 aliphatic rings. The van der Waals surface area contributed by atoms with Gasteiger partial charge in [-0.1, -0.05) is 0 Å². The van der Waals surface area contributed by atoms with Gasteiger partial charge in [0.15, 0.2) is 11.4 Å². The zero-order valence-electron chi connectivity index (χ0n) is 14.5. The van der Waals surface area contributed by atoms with E-state index in [-0.39, 0.29) is 5.97 Å². The van der Waals surface area contributed by atoms with E-state index < -0.39 is 5.91 Å². The number of rotatable bonds is 3. The second kappa shape index (κ2) is 5.43. The average Bonchev–Trinajstić information content (AvgIpc) is 3.30. The van der Waals surface area contributed by atoms with Crippen molar-refractivity contribution in [3.8, 4) is 0 Å². The smallest absolute Gasteiger partial charge is 0.359 e. The summed E-state index contributed by atoms with van der Waals surface area (Å²) in [4.78, 5) is 22.4. The number of esters is 1. The second-order valence-corrected chi connectivity index (χ2v) is 7.63. The Balaban J connectivity index is 0.000000117. The molecule has 2 fully saturated rings. The molecule has 4 N–H and O–H groups in total. The fourth-order valence-electron chi connectivity index (χ4n) is 4.53. The summed E-state index contributed by atoms with van der Waals surface area (Å²) >= 11 is 0. The highest BCUT2D eigenvalue weighted by Gasteiger charge is 2.49. The van der Waals surface area contributed by atoms with Crippen LogP contribution in [0.15, 0.2) is 0 Å². The molecule has 4 aliphatic carbocycles. The van der Waals surface area contributed by atoms with E-state index in [0.29, 0.717) is 29.8 Å². The van der Waals surface area contributed by atoms with Crippen LogP contribution in [0.25, 0.3) is 0 Å². The minimum Gasteiger partial charge on any atom is -0.461 e. The molecule has 2 aromatic heterocycles. The Bertz CT molecular complexity index is 914. The summed E-state index contributed by atoms with van der Waals surface area (Å²) in [6.07, 6.45) is 4.52. The lowest BCUT2D eigenvalue weighted by molar-refractivity contribution is 0.0518. The van der Waals surface area contributed by atoms with Gasteiger partial charge in [-0.25, -0.2) is 4.79 Å². The van der Waals surface area contributed by atoms with Gasteiger partial charge in [0.2, 0.25) is 0 Å². The summed E-state index contributed by atoms with van der Waals surface area (Å²) in [6, 6.07) is 0. The number of carbonyl (C=O) groups excluding carboxylic acids is 2. The van der Waals surface area contributed by atoms with Crippen LogP contribution in [0.2, 0.25) is 0 Å². The van der Waals surface area contributed by atoms with Crippen molar-refractivity contribution in [3.63, 3.8) is 0 Å². The van der Waals surface area contributed by atoms with Crippen LogP contribution in [0.4, 0.5) is 0 Å². The molecule has 2 saturated carbocycles. The van der Waals surface area contributed by atoms with Crippen molar-refractivity contribution >= 4 is 11.9 Å². The van der Waals surface area contributed by atoms with Crippen LogP contribution < -0.4 is 5.73 Å². The van der Waals surface area contributed by atoms with E-state index >= 15 is 0 Å². The normalized spacial score (nSPS) is 28.2. The first kappa shape index (κ1) is 15.6. The van der Waals surface area contributed by atoms with Gasteiger partial charge in [-0.2, -0.15) is 10.2 Å². The number of hydrogen-bond donors (Lipinski definition) is 3. The average molecular weight is 355 g/mol. The van der Waals surface area contributed by atoms with Crippen LogP contribution in [0.5, 0.6) is 0 Å². The topological polar surface area (TPSA) is 127 Å². The predicted octanol–water partition coefficient (Wildman–Crippen LogP) is 1.41. The minimum absolute atomic E-state index is 0.286. The van der Waals surface area contributed by atoms with Crippen molar-refractivity contribution in [2.75, 3.05) is 6.61 Å². The SMILES string of the molecule is CCOC(=O)c1n[nH]c2c1C[C@H]1C[C@@H]21.NC(=O)c1n[nH]c2c1C[C@H]1C[C@@H]21. The van der Waals surface area contributed by atoms with Crippen molar-refractivity contribution in [2.24, 2.45) is 17.6 Å². The standard InChI is InChI=1S/C10H12N2O2.C8H9N3O/c1-2-14-10(13)9-7-4-5-3-6(5)8(7)11-12-9;9-8(12)7-5-2-3-1-4(3)6(5)10-11-7/h5-6H,2-4H2,1H3,(H,11,12);3-4H,1-2H2,(H2,9,12)(H,10,11)/t5-,6-;3-,4-/m11/s1. The summed E-state index contributed by atoms with van der Waals surface area (Å²) in [5, 5.41) is 13.8. The molecule has 136 valence electrons.